The van der Waals surface area contributed by atoms with E-state index in [4.69, 9.17) is 11.6 Å². The molecule has 6 heteroatoms. The molecule has 1 aromatic heterocycles. The molecule has 0 radical (unpaired) electrons. The zero-order valence-electron chi connectivity index (χ0n) is 9.77. The number of benzene rings is 1. The van der Waals surface area contributed by atoms with E-state index in [1.54, 1.807) is 29.5 Å². The van der Waals surface area contributed by atoms with Gasteiger partial charge < -0.3 is 5.11 Å². The molecule has 100 valence electrons. The lowest BCUT2D eigenvalue weighted by atomic mass is 10.1. The van der Waals surface area contributed by atoms with Gasteiger partial charge in [-0.1, -0.05) is 39.7 Å². The number of halogens is 2. The molecule has 1 heterocycles. The van der Waals surface area contributed by atoms with Gasteiger partial charge in [0.05, 0.1) is 0 Å². The zero-order chi connectivity index (χ0) is 13.8. The number of aliphatic carboxylic acids is 1. The summed E-state index contributed by atoms with van der Waals surface area (Å²) < 4.78 is 0.823. The summed E-state index contributed by atoms with van der Waals surface area (Å²) in [6.45, 7) is 0.501. The van der Waals surface area contributed by atoms with Crippen LogP contribution < -0.4 is 5.32 Å². The predicted molar refractivity (Wildman–Crippen MR) is 80.7 cm³/mol. The van der Waals surface area contributed by atoms with Gasteiger partial charge >= 0.3 is 5.97 Å². The van der Waals surface area contributed by atoms with Crippen molar-refractivity contribution in [3.05, 3.63) is 55.6 Å². The van der Waals surface area contributed by atoms with Crippen LogP contribution in [-0.4, -0.2) is 11.1 Å². The SMILES string of the molecule is O=C(O)C(NCc1cccs1)c1ccc(Br)cc1Cl. The maximum Gasteiger partial charge on any atom is 0.325 e. The normalized spacial score (nSPS) is 12.3. The average Bonchev–Trinajstić information content (AvgIpc) is 2.84. The van der Waals surface area contributed by atoms with Gasteiger partial charge in [0.25, 0.3) is 0 Å². The van der Waals surface area contributed by atoms with Crippen molar-refractivity contribution < 1.29 is 9.90 Å². The maximum atomic E-state index is 11.4. The molecule has 2 N–H and O–H groups in total. The average molecular weight is 361 g/mol. The molecular formula is C13H11BrClNO2S. The number of hydrogen-bond acceptors (Lipinski definition) is 3. The Labute approximate surface area is 128 Å². The van der Waals surface area contributed by atoms with E-state index >= 15 is 0 Å². The predicted octanol–water partition coefficient (Wildman–Crippen LogP) is 4.08. The van der Waals surface area contributed by atoms with Gasteiger partial charge in [0.2, 0.25) is 0 Å². The van der Waals surface area contributed by atoms with E-state index in [9.17, 15) is 9.90 Å². The lowest BCUT2D eigenvalue weighted by Crippen LogP contribution is -2.28. The van der Waals surface area contributed by atoms with Crippen molar-refractivity contribution in [2.75, 3.05) is 0 Å². The molecule has 0 saturated heterocycles. The largest absolute Gasteiger partial charge is 0.480 e. The molecule has 1 unspecified atom stereocenters. The van der Waals surface area contributed by atoms with Gasteiger partial charge in [-0.3, -0.25) is 10.1 Å². The van der Waals surface area contributed by atoms with Crippen LogP contribution in [0.3, 0.4) is 0 Å². The number of carbonyl (C=O) groups is 1. The molecule has 1 atom stereocenters. The van der Waals surface area contributed by atoms with Gasteiger partial charge in [0, 0.05) is 20.9 Å². The van der Waals surface area contributed by atoms with Crippen LogP contribution in [-0.2, 0) is 11.3 Å². The molecule has 0 aliphatic carbocycles. The fraction of sp³-hybridized carbons (Fsp3) is 0.154. The van der Waals surface area contributed by atoms with Crippen LogP contribution in [0.25, 0.3) is 0 Å². The van der Waals surface area contributed by atoms with Crippen LogP contribution in [0.4, 0.5) is 0 Å². The molecule has 0 aliphatic heterocycles. The number of carboxylic acid groups (broad SMARTS) is 1. The fourth-order valence-electron chi connectivity index (χ4n) is 1.68. The van der Waals surface area contributed by atoms with Crippen molar-refractivity contribution in [1.29, 1.82) is 0 Å². The third-order valence-electron chi connectivity index (χ3n) is 2.58. The first kappa shape index (κ1) is 14.5. The Hall–Kier alpha value is -0.880. The number of hydrogen-bond donors (Lipinski definition) is 2. The molecule has 1 aromatic carbocycles. The quantitative estimate of drug-likeness (QED) is 0.844. The Morgan fingerprint density at radius 2 is 2.26 bits per heavy atom. The number of carboxylic acids is 1. The summed E-state index contributed by atoms with van der Waals surface area (Å²) in [6, 6.07) is 8.27. The Morgan fingerprint density at radius 3 is 2.84 bits per heavy atom. The number of nitrogens with one attached hydrogen (secondary N) is 1. The zero-order valence-corrected chi connectivity index (χ0v) is 12.9. The molecular weight excluding hydrogens is 350 g/mol. The lowest BCUT2D eigenvalue weighted by molar-refractivity contribution is -0.139. The van der Waals surface area contributed by atoms with Crippen molar-refractivity contribution in [3.63, 3.8) is 0 Å². The molecule has 0 amide bonds. The van der Waals surface area contributed by atoms with Gasteiger partial charge in [0.15, 0.2) is 0 Å². The second kappa shape index (κ2) is 6.52. The first-order chi connectivity index (χ1) is 9.08. The van der Waals surface area contributed by atoms with E-state index < -0.39 is 12.0 Å². The van der Waals surface area contributed by atoms with Crippen molar-refractivity contribution in [3.8, 4) is 0 Å². The first-order valence-electron chi connectivity index (χ1n) is 5.51. The highest BCUT2D eigenvalue weighted by Crippen LogP contribution is 2.27. The summed E-state index contributed by atoms with van der Waals surface area (Å²) in [7, 11) is 0. The first-order valence-corrected chi connectivity index (χ1v) is 7.56. The Bertz CT molecular complexity index is 574. The van der Waals surface area contributed by atoms with Crippen LogP contribution >= 0.6 is 38.9 Å². The second-order valence-electron chi connectivity index (χ2n) is 3.90. The molecule has 2 rings (SSSR count). The Morgan fingerprint density at radius 1 is 1.47 bits per heavy atom. The van der Waals surface area contributed by atoms with Crippen LogP contribution in [0.5, 0.6) is 0 Å². The summed E-state index contributed by atoms with van der Waals surface area (Å²) >= 11 is 11.0. The maximum absolute atomic E-state index is 11.4. The van der Waals surface area contributed by atoms with Gasteiger partial charge in [-0.25, -0.2) is 0 Å². The van der Waals surface area contributed by atoms with E-state index in [1.165, 1.54) is 0 Å². The lowest BCUT2D eigenvalue weighted by Gasteiger charge is -2.16. The van der Waals surface area contributed by atoms with Crippen LogP contribution in [0.15, 0.2) is 40.2 Å². The van der Waals surface area contributed by atoms with Crippen molar-refractivity contribution in [2.45, 2.75) is 12.6 Å². The summed E-state index contributed by atoms with van der Waals surface area (Å²) in [4.78, 5) is 12.5. The van der Waals surface area contributed by atoms with Crippen molar-refractivity contribution >= 4 is 44.8 Å². The Balaban J connectivity index is 2.17. The number of thiophene rings is 1. The minimum absolute atomic E-state index is 0.431. The monoisotopic (exact) mass is 359 g/mol. The highest BCUT2D eigenvalue weighted by atomic mass is 79.9. The highest BCUT2D eigenvalue weighted by molar-refractivity contribution is 9.10. The van der Waals surface area contributed by atoms with Gasteiger partial charge in [-0.2, -0.15) is 0 Å². The second-order valence-corrected chi connectivity index (χ2v) is 6.25. The summed E-state index contributed by atoms with van der Waals surface area (Å²) in [5, 5.41) is 14.7. The summed E-state index contributed by atoms with van der Waals surface area (Å²) in [5.41, 5.74) is 0.564. The third-order valence-corrected chi connectivity index (χ3v) is 4.28. The van der Waals surface area contributed by atoms with Crippen LogP contribution in [0.1, 0.15) is 16.5 Å². The minimum Gasteiger partial charge on any atom is -0.480 e. The minimum atomic E-state index is -0.944. The molecule has 0 fully saturated rings. The van der Waals surface area contributed by atoms with E-state index in [0.717, 1.165) is 9.35 Å². The summed E-state index contributed by atoms with van der Waals surface area (Å²) in [6.07, 6.45) is 0. The topological polar surface area (TPSA) is 49.3 Å². The molecule has 3 nitrogen and oxygen atoms in total. The fourth-order valence-corrected chi connectivity index (χ4v) is 3.12. The third kappa shape index (κ3) is 3.79. The number of rotatable bonds is 5. The molecule has 19 heavy (non-hydrogen) atoms. The molecule has 0 bridgehead atoms. The van der Waals surface area contributed by atoms with E-state index in [-0.39, 0.29) is 0 Å². The van der Waals surface area contributed by atoms with Gasteiger partial charge in [-0.15, -0.1) is 11.3 Å². The van der Waals surface area contributed by atoms with E-state index in [0.29, 0.717) is 17.1 Å². The smallest absolute Gasteiger partial charge is 0.325 e. The van der Waals surface area contributed by atoms with Crippen LogP contribution in [0.2, 0.25) is 5.02 Å². The highest BCUT2D eigenvalue weighted by Gasteiger charge is 2.21. The van der Waals surface area contributed by atoms with Crippen molar-refractivity contribution in [2.24, 2.45) is 0 Å². The molecule has 0 spiro atoms. The van der Waals surface area contributed by atoms with Gasteiger partial charge in [0.1, 0.15) is 6.04 Å². The summed E-state index contributed by atoms with van der Waals surface area (Å²) in [5.74, 6) is -0.944. The van der Waals surface area contributed by atoms with Gasteiger partial charge in [-0.05, 0) is 29.1 Å². The van der Waals surface area contributed by atoms with Crippen molar-refractivity contribution in [1.82, 2.24) is 5.32 Å². The Kier molecular flexibility index (Phi) is 4.99. The molecule has 2 aromatic rings. The molecule has 0 aliphatic rings. The van der Waals surface area contributed by atoms with E-state index in [1.807, 2.05) is 17.5 Å². The van der Waals surface area contributed by atoms with E-state index in [2.05, 4.69) is 21.2 Å². The van der Waals surface area contributed by atoms with Crippen LogP contribution in [0, 0.1) is 0 Å². The standard InChI is InChI=1S/C13H11BrClNO2S/c14-8-3-4-10(11(15)6-8)12(13(17)18)16-7-9-2-1-5-19-9/h1-6,12,16H,7H2,(H,17,18). The molecule has 0 saturated carbocycles.